The largest absolute Gasteiger partial charge is 0.279 e. The number of nitrogens with zero attached hydrogens (tertiary/aromatic N) is 1. The van der Waals surface area contributed by atoms with E-state index >= 15 is 0 Å². The summed E-state index contributed by atoms with van der Waals surface area (Å²) >= 11 is 0. The van der Waals surface area contributed by atoms with E-state index in [0.29, 0.717) is 6.42 Å². The van der Waals surface area contributed by atoms with Gasteiger partial charge in [0.05, 0.1) is 5.70 Å². The molecule has 0 bridgehead atoms. The number of rotatable bonds is 3. The van der Waals surface area contributed by atoms with Crippen LogP contribution in [0.2, 0.25) is 0 Å². The third-order valence-electron chi connectivity index (χ3n) is 0.692. The Morgan fingerprint density at radius 3 is 2.67 bits per heavy atom. The molecule has 3 heteroatoms. The standard InChI is InChI=1S/C6H9F2N/c1-3-4-9-5(2)6(7)8/h4,6H,2-3H2,1H3. The van der Waals surface area contributed by atoms with Gasteiger partial charge in [0.2, 0.25) is 0 Å². The fraction of sp³-hybridized carbons (Fsp3) is 0.500. The summed E-state index contributed by atoms with van der Waals surface area (Å²) in [6.07, 6.45) is -0.451. The highest BCUT2D eigenvalue weighted by atomic mass is 19.3. The van der Waals surface area contributed by atoms with Gasteiger partial charge in [-0.1, -0.05) is 13.5 Å². The van der Waals surface area contributed by atoms with Crippen LogP contribution < -0.4 is 0 Å². The molecule has 0 rings (SSSR count). The van der Waals surface area contributed by atoms with Crippen LogP contribution in [0.5, 0.6) is 0 Å². The molecule has 0 aliphatic rings. The van der Waals surface area contributed by atoms with Crippen molar-refractivity contribution in [1.82, 2.24) is 0 Å². The molecule has 1 nitrogen and oxygen atoms in total. The zero-order valence-corrected chi connectivity index (χ0v) is 5.27. The maximum atomic E-state index is 11.5. The molecule has 0 aromatic heterocycles. The minimum Gasteiger partial charge on any atom is -0.260 e. The molecule has 0 N–H and O–H groups in total. The van der Waals surface area contributed by atoms with Crippen molar-refractivity contribution in [3.05, 3.63) is 12.3 Å². The molecule has 0 saturated carbocycles. The second kappa shape index (κ2) is 4.18. The first kappa shape index (κ1) is 8.27. The van der Waals surface area contributed by atoms with Gasteiger partial charge in [0.25, 0.3) is 6.43 Å². The van der Waals surface area contributed by atoms with Crippen LogP contribution in [-0.4, -0.2) is 12.6 Å². The first-order valence-electron chi connectivity index (χ1n) is 2.68. The maximum Gasteiger partial charge on any atom is 0.279 e. The lowest BCUT2D eigenvalue weighted by molar-refractivity contribution is 0.189. The van der Waals surface area contributed by atoms with Crippen molar-refractivity contribution < 1.29 is 8.78 Å². The van der Waals surface area contributed by atoms with Crippen molar-refractivity contribution in [3.63, 3.8) is 0 Å². The van der Waals surface area contributed by atoms with E-state index in [1.165, 1.54) is 6.21 Å². The summed E-state index contributed by atoms with van der Waals surface area (Å²) in [5.41, 5.74) is -0.364. The molecule has 0 aliphatic heterocycles. The Morgan fingerprint density at radius 2 is 2.33 bits per heavy atom. The van der Waals surface area contributed by atoms with E-state index in [0.717, 1.165) is 0 Å². The highest BCUT2D eigenvalue weighted by molar-refractivity contribution is 5.58. The fourth-order valence-corrected chi connectivity index (χ4v) is 0.265. The molecule has 0 atom stereocenters. The van der Waals surface area contributed by atoms with Crippen LogP contribution in [0.25, 0.3) is 0 Å². The quantitative estimate of drug-likeness (QED) is 0.523. The van der Waals surface area contributed by atoms with Crippen molar-refractivity contribution in [1.29, 1.82) is 0 Å². The van der Waals surface area contributed by atoms with Crippen LogP contribution >= 0.6 is 0 Å². The van der Waals surface area contributed by atoms with Crippen LogP contribution in [-0.2, 0) is 0 Å². The zero-order valence-electron chi connectivity index (χ0n) is 5.27. The SMILES string of the molecule is C=C(N=CCC)C(F)F. The lowest BCUT2D eigenvalue weighted by Crippen LogP contribution is -1.91. The average Bonchev–Trinajstić information content (AvgIpc) is 1.82. The topological polar surface area (TPSA) is 12.4 Å². The normalized spacial score (nSPS) is 11.1. The van der Waals surface area contributed by atoms with Crippen molar-refractivity contribution in [2.24, 2.45) is 4.99 Å². The molecule has 0 radical (unpaired) electrons. The minimum absolute atomic E-state index is 0.364. The van der Waals surface area contributed by atoms with Crippen molar-refractivity contribution in [3.8, 4) is 0 Å². The molecule has 0 aliphatic carbocycles. The Bertz CT molecular complexity index is 118. The summed E-state index contributed by atoms with van der Waals surface area (Å²) in [6, 6.07) is 0. The van der Waals surface area contributed by atoms with Crippen LogP contribution in [0.15, 0.2) is 17.3 Å². The van der Waals surface area contributed by atoms with Crippen LogP contribution in [0.3, 0.4) is 0 Å². The molecule has 0 aromatic rings. The van der Waals surface area contributed by atoms with E-state index < -0.39 is 6.43 Å². The highest BCUT2D eigenvalue weighted by Crippen LogP contribution is 2.05. The van der Waals surface area contributed by atoms with Crippen molar-refractivity contribution >= 4 is 6.21 Å². The maximum absolute atomic E-state index is 11.5. The second-order valence-electron chi connectivity index (χ2n) is 1.51. The van der Waals surface area contributed by atoms with E-state index in [1.54, 1.807) is 0 Å². The average molecular weight is 133 g/mol. The summed E-state index contributed by atoms with van der Waals surface area (Å²) in [5, 5.41) is 0. The summed E-state index contributed by atoms with van der Waals surface area (Å²) in [7, 11) is 0. The molecule has 0 amide bonds. The number of halogens is 2. The molecule has 0 spiro atoms. The van der Waals surface area contributed by atoms with Gasteiger partial charge in [0.1, 0.15) is 0 Å². The molecule has 0 fully saturated rings. The van der Waals surface area contributed by atoms with Gasteiger partial charge in [-0.05, 0) is 6.42 Å². The van der Waals surface area contributed by atoms with Crippen LogP contribution in [0.1, 0.15) is 13.3 Å². The molecular weight excluding hydrogens is 124 g/mol. The Morgan fingerprint density at radius 1 is 1.78 bits per heavy atom. The van der Waals surface area contributed by atoms with Gasteiger partial charge in [0.15, 0.2) is 0 Å². The molecule has 9 heavy (non-hydrogen) atoms. The number of hydrogen-bond donors (Lipinski definition) is 0. The smallest absolute Gasteiger partial charge is 0.260 e. The molecule has 0 aromatic carbocycles. The minimum atomic E-state index is -2.52. The predicted octanol–water partition coefficient (Wildman–Crippen LogP) is 2.25. The van der Waals surface area contributed by atoms with Crippen LogP contribution in [0.4, 0.5) is 8.78 Å². The predicted molar refractivity (Wildman–Crippen MR) is 33.9 cm³/mol. The summed E-state index contributed by atoms with van der Waals surface area (Å²) < 4.78 is 23.1. The Kier molecular flexibility index (Phi) is 3.84. The molecular formula is C6H9F2N. The van der Waals surface area contributed by atoms with Crippen molar-refractivity contribution in [2.45, 2.75) is 19.8 Å². The van der Waals surface area contributed by atoms with E-state index in [4.69, 9.17) is 0 Å². The molecule has 52 valence electrons. The van der Waals surface area contributed by atoms with Gasteiger partial charge < -0.3 is 0 Å². The number of hydrogen-bond acceptors (Lipinski definition) is 1. The fourth-order valence-electron chi connectivity index (χ4n) is 0.265. The Balaban J connectivity index is 3.63. The summed E-state index contributed by atoms with van der Waals surface area (Å²) in [6.45, 7) is 4.87. The zero-order chi connectivity index (χ0) is 7.28. The van der Waals surface area contributed by atoms with Crippen LogP contribution in [0, 0.1) is 0 Å². The van der Waals surface area contributed by atoms with E-state index in [2.05, 4.69) is 11.6 Å². The molecule has 0 unspecified atom stereocenters. The van der Waals surface area contributed by atoms with Gasteiger partial charge in [-0.2, -0.15) is 0 Å². The number of aliphatic imine (C=N–C) groups is 1. The van der Waals surface area contributed by atoms with Crippen molar-refractivity contribution in [2.75, 3.05) is 0 Å². The summed E-state index contributed by atoms with van der Waals surface area (Å²) in [5.74, 6) is 0. The molecule has 0 heterocycles. The third-order valence-corrected chi connectivity index (χ3v) is 0.692. The van der Waals surface area contributed by atoms with Gasteiger partial charge in [-0.3, -0.25) is 4.99 Å². The third kappa shape index (κ3) is 3.82. The van der Waals surface area contributed by atoms with Gasteiger partial charge in [0, 0.05) is 6.21 Å². The first-order chi connectivity index (χ1) is 4.18. The lowest BCUT2D eigenvalue weighted by atomic mass is 10.5. The van der Waals surface area contributed by atoms with Gasteiger partial charge in [-0.15, -0.1) is 0 Å². The number of alkyl halides is 2. The Labute approximate surface area is 53.1 Å². The van der Waals surface area contributed by atoms with E-state index in [9.17, 15) is 8.78 Å². The first-order valence-corrected chi connectivity index (χ1v) is 2.68. The number of allylic oxidation sites excluding steroid dienone is 1. The van der Waals surface area contributed by atoms with E-state index in [1.807, 2.05) is 6.92 Å². The second-order valence-corrected chi connectivity index (χ2v) is 1.51. The summed E-state index contributed by atoms with van der Waals surface area (Å²) in [4.78, 5) is 3.37. The Hall–Kier alpha value is -0.730. The van der Waals surface area contributed by atoms with Gasteiger partial charge >= 0.3 is 0 Å². The molecule has 0 saturated heterocycles. The monoisotopic (exact) mass is 133 g/mol. The van der Waals surface area contributed by atoms with Gasteiger partial charge in [-0.25, -0.2) is 8.78 Å². The lowest BCUT2D eigenvalue weighted by Gasteiger charge is -1.93. The highest BCUT2D eigenvalue weighted by Gasteiger charge is 2.03. The van der Waals surface area contributed by atoms with E-state index in [-0.39, 0.29) is 5.70 Å².